The molecule has 28 heavy (non-hydrogen) atoms. The lowest BCUT2D eigenvalue weighted by Gasteiger charge is -2.20. The van der Waals surface area contributed by atoms with Gasteiger partial charge >= 0.3 is 0 Å². The van der Waals surface area contributed by atoms with Crippen LogP contribution in [0.3, 0.4) is 0 Å². The molecule has 4 atom stereocenters. The van der Waals surface area contributed by atoms with Crippen molar-refractivity contribution in [3.8, 4) is 0 Å². The van der Waals surface area contributed by atoms with Gasteiger partial charge in [0.05, 0.1) is 13.2 Å². The molecule has 0 aromatic carbocycles. The second kappa shape index (κ2) is 17.4. The molecule has 1 aliphatic heterocycles. The number of hydrogen-bond acceptors (Lipinski definition) is 5. The zero-order valence-corrected chi connectivity index (χ0v) is 17.9. The van der Waals surface area contributed by atoms with Gasteiger partial charge in [-0.05, 0) is 32.1 Å². The highest BCUT2D eigenvalue weighted by Crippen LogP contribution is 2.18. The lowest BCUT2D eigenvalue weighted by molar-refractivity contribution is -0.0813. The number of aliphatic hydroxyl groups excluding tert-OH is 3. The number of rotatable bonds is 18. The van der Waals surface area contributed by atoms with Crippen molar-refractivity contribution in [2.45, 2.75) is 115 Å². The van der Waals surface area contributed by atoms with Gasteiger partial charge in [-0.3, -0.25) is 0 Å². The zero-order chi connectivity index (χ0) is 20.5. The Morgan fingerprint density at radius 1 is 0.893 bits per heavy atom. The predicted octanol–water partition coefficient (Wildman–Crippen LogP) is 4.13. The predicted molar refractivity (Wildman–Crippen MR) is 113 cm³/mol. The minimum absolute atomic E-state index is 0.0677. The van der Waals surface area contributed by atoms with Crippen LogP contribution in [0.15, 0.2) is 12.2 Å². The van der Waals surface area contributed by atoms with E-state index in [9.17, 15) is 15.3 Å². The molecule has 1 saturated heterocycles. The molecule has 0 unspecified atom stereocenters. The van der Waals surface area contributed by atoms with E-state index in [0.29, 0.717) is 6.61 Å². The summed E-state index contributed by atoms with van der Waals surface area (Å²) in [5.41, 5.74) is 0. The van der Waals surface area contributed by atoms with Crippen LogP contribution in [-0.4, -0.2) is 59.6 Å². The Morgan fingerprint density at radius 3 is 2.04 bits per heavy atom. The second-order valence-corrected chi connectivity index (χ2v) is 8.08. The van der Waals surface area contributed by atoms with Crippen molar-refractivity contribution < 1.29 is 24.8 Å². The Balaban J connectivity index is 1.79. The molecule has 3 N–H and O–H groups in total. The molecule has 0 aromatic rings. The van der Waals surface area contributed by atoms with Crippen LogP contribution < -0.4 is 0 Å². The van der Waals surface area contributed by atoms with Crippen molar-refractivity contribution in [1.29, 1.82) is 0 Å². The van der Waals surface area contributed by atoms with Crippen molar-refractivity contribution in [1.82, 2.24) is 0 Å². The van der Waals surface area contributed by atoms with E-state index in [-0.39, 0.29) is 13.2 Å². The summed E-state index contributed by atoms with van der Waals surface area (Å²) in [6.07, 6.45) is 17.6. The molecule has 0 spiro atoms. The van der Waals surface area contributed by atoms with Crippen LogP contribution in [0.25, 0.3) is 0 Å². The molecule has 5 heteroatoms. The normalized spacial score (nSPS) is 23.6. The fourth-order valence-electron chi connectivity index (χ4n) is 3.54. The van der Waals surface area contributed by atoms with E-state index < -0.39 is 24.4 Å². The third kappa shape index (κ3) is 12.2. The maximum absolute atomic E-state index is 9.94. The zero-order valence-electron chi connectivity index (χ0n) is 17.9. The summed E-state index contributed by atoms with van der Waals surface area (Å²) in [5, 5.41) is 29.0. The fourth-order valence-corrected chi connectivity index (χ4v) is 3.54. The summed E-state index contributed by atoms with van der Waals surface area (Å²) in [7, 11) is 0. The van der Waals surface area contributed by atoms with Gasteiger partial charge in [-0.1, -0.05) is 70.4 Å². The van der Waals surface area contributed by atoms with Crippen LogP contribution >= 0.6 is 0 Å². The van der Waals surface area contributed by atoms with Crippen LogP contribution in [0.5, 0.6) is 0 Å². The highest BCUT2D eigenvalue weighted by Gasteiger charge is 2.39. The standard InChI is InChI=1S/C23H44O5/c1-2-3-4-5-6-7-8-9-10-11-12-13-14-15-16-17-27-18-21(25)23-22(26)20(24)19-28-23/h7-8,20-26H,2-6,9-19H2,1H3/b8-7+/t20-,21+,22+,23+/m1/s1. The summed E-state index contributed by atoms with van der Waals surface area (Å²) >= 11 is 0. The van der Waals surface area contributed by atoms with E-state index in [1.807, 2.05) is 0 Å². The number of ether oxygens (including phenoxy) is 2. The van der Waals surface area contributed by atoms with E-state index in [4.69, 9.17) is 9.47 Å². The van der Waals surface area contributed by atoms with E-state index in [0.717, 1.165) is 12.8 Å². The second-order valence-electron chi connectivity index (χ2n) is 8.08. The molecule has 0 aliphatic carbocycles. The molecule has 0 bridgehead atoms. The molecule has 0 amide bonds. The van der Waals surface area contributed by atoms with Crippen LogP contribution in [0.4, 0.5) is 0 Å². The van der Waals surface area contributed by atoms with E-state index in [2.05, 4.69) is 19.1 Å². The third-order valence-electron chi connectivity index (χ3n) is 5.41. The summed E-state index contributed by atoms with van der Waals surface area (Å²) in [5.74, 6) is 0. The van der Waals surface area contributed by atoms with Gasteiger partial charge in [0.2, 0.25) is 0 Å². The minimum Gasteiger partial charge on any atom is -0.388 e. The number of hydrogen-bond donors (Lipinski definition) is 3. The number of allylic oxidation sites excluding steroid dienone is 2. The Labute approximate surface area is 172 Å². The monoisotopic (exact) mass is 400 g/mol. The lowest BCUT2D eigenvalue weighted by atomic mass is 10.1. The summed E-state index contributed by atoms with van der Waals surface area (Å²) in [4.78, 5) is 0. The van der Waals surface area contributed by atoms with Crippen LogP contribution in [0, 0.1) is 0 Å². The Kier molecular flexibility index (Phi) is 15.9. The smallest absolute Gasteiger partial charge is 0.114 e. The first-order valence-corrected chi connectivity index (χ1v) is 11.5. The van der Waals surface area contributed by atoms with Crippen LogP contribution in [-0.2, 0) is 9.47 Å². The van der Waals surface area contributed by atoms with Crippen molar-refractivity contribution >= 4 is 0 Å². The fraction of sp³-hybridized carbons (Fsp3) is 0.913. The molecule has 1 aliphatic rings. The first-order valence-electron chi connectivity index (χ1n) is 11.5. The Bertz CT molecular complexity index is 374. The van der Waals surface area contributed by atoms with E-state index in [1.54, 1.807) is 0 Å². The molecule has 166 valence electrons. The van der Waals surface area contributed by atoms with Gasteiger partial charge in [0.15, 0.2) is 0 Å². The summed E-state index contributed by atoms with van der Waals surface area (Å²) < 4.78 is 10.7. The SMILES string of the molecule is CCCCCC/C=C/CCCCCCCCCOC[C@H](O)[C@@H]1OC[C@@H](O)[C@@H]1O. The Hall–Kier alpha value is -0.460. The van der Waals surface area contributed by atoms with Gasteiger partial charge in [0, 0.05) is 6.61 Å². The molecular formula is C23H44O5. The lowest BCUT2D eigenvalue weighted by Crippen LogP contribution is -2.40. The molecule has 1 heterocycles. The van der Waals surface area contributed by atoms with Gasteiger partial charge in [-0.25, -0.2) is 0 Å². The largest absolute Gasteiger partial charge is 0.388 e. The average molecular weight is 401 g/mol. The van der Waals surface area contributed by atoms with Gasteiger partial charge in [-0.2, -0.15) is 0 Å². The number of unbranched alkanes of at least 4 members (excludes halogenated alkanes) is 11. The molecule has 0 aromatic heterocycles. The highest BCUT2D eigenvalue weighted by molar-refractivity contribution is 4.87. The van der Waals surface area contributed by atoms with Gasteiger partial charge < -0.3 is 24.8 Å². The van der Waals surface area contributed by atoms with Crippen LogP contribution in [0.2, 0.25) is 0 Å². The number of aliphatic hydroxyl groups is 3. The van der Waals surface area contributed by atoms with Crippen molar-refractivity contribution in [3.05, 3.63) is 12.2 Å². The molecule has 0 saturated carbocycles. The molecular weight excluding hydrogens is 356 g/mol. The molecule has 5 nitrogen and oxygen atoms in total. The summed E-state index contributed by atoms with van der Waals surface area (Å²) in [6.45, 7) is 3.08. The van der Waals surface area contributed by atoms with Gasteiger partial charge in [0.1, 0.15) is 24.4 Å². The van der Waals surface area contributed by atoms with E-state index >= 15 is 0 Å². The highest BCUT2D eigenvalue weighted by atomic mass is 16.5. The van der Waals surface area contributed by atoms with Gasteiger partial charge in [-0.15, -0.1) is 0 Å². The van der Waals surface area contributed by atoms with Crippen LogP contribution in [0.1, 0.15) is 90.4 Å². The quantitative estimate of drug-likeness (QED) is 0.238. The first kappa shape index (κ1) is 25.6. The molecule has 0 radical (unpaired) electrons. The summed E-state index contributed by atoms with van der Waals surface area (Å²) in [6, 6.07) is 0. The minimum atomic E-state index is -1.03. The van der Waals surface area contributed by atoms with Gasteiger partial charge in [0.25, 0.3) is 0 Å². The third-order valence-corrected chi connectivity index (χ3v) is 5.41. The average Bonchev–Trinajstić information content (AvgIpc) is 3.03. The van der Waals surface area contributed by atoms with E-state index in [1.165, 1.54) is 70.6 Å². The van der Waals surface area contributed by atoms with Crippen molar-refractivity contribution in [3.63, 3.8) is 0 Å². The molecule has 1 fully saturated rings. The maximum atomic E-state index is 9.94. The maximum Gasteiger partial charge on any atom is 0.114 e. The Morgan fingerprint density at radius 2 is 1.46 bits per heavy atom. The topological polar surface area (TPSA) is 79.2 Å². The molecule has 1 rings (SSSR count). The van der Waals surface area contributed by atoms with Crippen molar-refractivity contribution in [2.24, 2.45) is 0 Å². The van der Waals surface area contributed by atoms with Crippen molar-refractivity contribution in [2.75, 3.05) is 19.8 Å². The first-order chi connectivity index (χ1) is 13.7.